The number of benzene rings is 3. The van der Waals surface area contributed by atoms with Crippen LogP contribution in [0.3, 0.4) is 0 Å². The molecule has 0 heterocycles. The molecule has 0 bridgehead atoms. The molecule has 1 N–H and O–H groups in total. The molecule has 0 aliphatic carbocycles. The van der Waals surface area contributed by atoms with Crippen LogP contribution in [0.25, 0.3) is 0 Å². The zero-order valence-corrected chi connectivity index (χ0v) is 15.9. The number of ether oxygens (including phenoxy) is 1. The number of non-ortho nitro benzene ring substituents is 1. The number of nitro benzene ring substituents is 1. The summed E-state index contributed by atoms with van der Waals surface area (Å²) < 4.78 is 6.07. The molecule has 0 saturated carbocycles. The highest BCUT2D eigenvalue weighted by atomic mass is 79.9. The second-order valence-corrected chi connectivity index (χ2v) is 6.60. The van der Waals surface area contributed by atoms with Crippen LogP contribution in [0.5, 0.6) is 17.2 Å². The molecule has 0 unspecified atom stereocenters. The Balaban J connectivity index is 1.79. The van der Waals surface area contributed by atoms with Gasteiger partial charge < -0.3 is 9.84 Å². The number of phenols is 1. The largest absolute Gasteiger partial charge is 0.506 e. The third-order valence-electron chi connectivity index (χ3n) is 3.80. The molecule has 136 valence electrons. The van der Waals surface area contributed by atoms with Crippen LogP contribution in [0.1, 0.15) is 11.1 Å². The minimum atomic E-state index is -0.529. The van der Waals surface area contributed by atoms with Gasteiger partial charge in [0.05, 0.1) is 15.1 Å². The van der Waals surface area contributed by atoms with Crippen molar-refractivity contribution in [3.05, 3.63) is 86.4 Å². The van der Waals surface area contributed by atoms with Crippen molar-refractivity contribution >= 4 is 33.5 Å². The van der Waals surface area contributed by atoms with Gasteiger partial charge in [-0.3, -0.25) is 15.1 Å². The Morgan fingerprint density at radius 3 is 2.52 bits per heavy atom. The van der Waals surface area contributed by atoms with E-state index < -0.39 is 4.92 Å². The molecule has 0 radical (unpaired) electrons. The molecule has 6 nitrogen and oxygen atoms in total. The summed E-state index contributed by atoms with van der Waals surface area (Å²) in [6, 6.07) is 17.3. The topological polar surface area (TPSA) is 85.0 Å². The fourth-order valence-electron chi connectivity index (χ4n) is 2.35. The SMILES string of the molecule is Cc1ccccc1Oc1ccc(N=Cc2cc([N+](=O)[O-])cc(Br)c2O)cc1. The molecule has 3 aromatic carbocycles. The van der Waals surface area contributed by atoms with Gasteiger partial charge in [0.1, 0.15) is 17.2 Å². The highest BCUT2D eigenvalue weighted by Crippen LogP contribution is 2.32. The van der Waals surface area contributed by atoms with Crippen molar-refractivity contribution in [2.45, 2.75) is 6.92 Å². The van der Waals surface area contributed by atoms with Crippen LogP contribution >= 0.6 is 15.9 Å². The Morgan fingerprint density at radius 1 is 1.15 bits per heavy atom. The number of aromatic hydroxyl groups is 1. The van der Waals surface area contributed by atoms with E-state index in [0.29, 0.717) is 11.4 Å². The minimum absolute atomic E-state index is 0.108. The minimum Gasteiger partial charge on any atom is -0.506 e. The standard InChI is InChI=1S/C20H15BrN2O4/c1-13-4-2-3-5-19(13)27-17-8-6-15(7-9-17)22-12-14-10-16(23(25)26)11-18(21)20(14)24/h2-12,24H,1H3. The Kier molecular flexibility index (Phi) is 5.52. The predicted octanol–water partition coefficient (Wildman–Crippen LogP) is 5.91. The van der Waals surface area contributed by atoms with E-state index in [-0.39, 0.29) is 21.5 Å². The van der Waals surface area contributed by atoms with E-state index >= 15 is 0 Å². The van der Waals surface area contributed by atoms with Crippen molar-refractivity contribution in [3.63, 3.8) is 0 Å². The summed E-state index contributed by atoms with van der Waals surface area (Å²) in [5, 5.41) is 21.0. The molecule has 0 atom stereocenters. The van der Waals surface area contributed by atoms with Crippen LogP contribution in [-0.2, 0) is 0 Å². The van der Waals surface area contributed by atoms with Gasteiger partial charge in [0.2, 0.25) is 0 Å². The number of hydrogen-bond acceptors (Lipinski definition) is 5. The first kappa shape index (κ1) is 18.6. The van der Waals surface area contributed by atoms with Gasteiger partial charge in [-0.25, -0.2) is 0 Å². The van der Waals surface area contributed by atoms with Gasteiger partial charge in [0.25, 0.3) is 5.69 Å². The van der Waals surface area contributed by atoms with Crippen LogP contribution in [0.15, 0.2) is 70.1 Å². The third kappa shape index (κ3) is 4.51. The molecule has 3 rings (SSSR count). The summed E-state index contributed by atoms with van der Waals surface area (Å²) in [5.74, 6) is 1.34. The quantitative estimate of drug-likeness (QED) is 0.312. The molecule has 0 fully saturated rings. The van der Waals surface area contributed by atoms with Gasteiger partial charge in [0, 0.05) is 23.9 Å². The van der Waals surface area contributed by atoms with Crippen molar-refractivity contribution < 1.29 is 14.8 Å². The van der Waals surface area contributed by atoms with Crippen LogP contribution in [-0.4, -0.2) is 16.2 Å². The van der Waals surface area contributed by atoms with Gasteiger partial charge in [-0.2, -0.15) is 0 Å². The molecule has 0 aliphatic heterocycles. The second kappa shape index (κ2) is 8.01. The molecule has 0 saturated heterocycles. The first-order valence-electron chi connectivity index (χ1n) is 7.98. The number of hydrogen-bond donors (Lipinski definition) is 1. The van der Waals surface area contributed by atoms with E-state index in [9.17, 15) is 15.2 Å². The van der Waals surface area contributed by atoms with E-state index in [1.165, 1.54) is 18.3 Å². The van der Waals surface area contributed by atoms with Gasteiger partial charge in [0.15, 0.2) is 0 Å². The zero-order valence-electron chi connectivity index (χ0n) is 14.3. The van der Waals surface area contributed by atoms with Crippen molar-refractivity contribution in [2.24, 2.45) is 4.99 Å². The summed E-state index contributed by atoms with van der Waals surface area (Å²) in [5.41, 5.74) is 1.76. The fraction of sp³-hybridized carbons (Fsp3) is 0.0500. The number of aryl methyl sites for hydroxylation is 1. The van der Waals surface area contributed by atoms with Crippen molar-refractivity contribution in [1.29, 1.82) is 0 Å². The van der Waals surface area contributed by atoms with E-state index in [1.807, 2.05) is 31.2 Å². The van der Waals surface area contributed by atoms with Gasteiger partial charge in [-0.1, -0.05) is 18.2 Å². The normalized spacial score (nSPS) is 10.9. The Labute approximate surface area is 164 Å². The average Bonchev–Trinajstić information content (AvgIpc) is 2.65. The zero-order chi connectivity index (χ0) is 19.4. The maximum atomic E-state index is 10.9. The van der Waals surface area contributed by atoms with Gasteiger partial charge in [-0.15, -0.1) is 0 Å². The number of aliphatic imine (C=N–C) groups is 1. The van der Waals surface area contributed by atoms with E-state index in [4.69, 9.17) is 4.74 Å². The molecule has 27 heavy (non-hydrogen) atoms. The highest BCUT2D eigenvalue weighted by molar-refractivity contribution is 9.10. The predicted molar refractivity (Wildman–Crippen MR) is 107 cm³/mol. The summed E-state index contributed by atoms with van der Waals surface area (Å²) in [6.45, 7) is 1.97. The van der Waals surface area contributed by atoms with E-state index in [0.717, 1.165) is 11.3 Å². The first-order valence-corrected chi connectivity index (χ1v) is 8.78. The molecular formula is C20H15BrN2O4. The molecule has 7 heteroatoms. The Hall–Kier alpha value is -3.19. The summed E-state index contributed by atoms with van der Waals surface area (Å²) >= 11 is 3.11. The third-order valence-corrected chi connectivity index (χ3v) is 4.40. The lowest BCUT2D eigenvalue weighted by Gasteiger charge is -2.08. The number of phenolic OH excluding ortho intramolecular Hbond substituents is 1. The molecule has 0 spiro atoms. The Bertz CT molecular complexity index is 1020. The summed E-state index contributed by atoms with van der Waals surface area (Å²) in [6.07, 6.45) is 1.38. The van der Waals surface area contributed by atoms with Crippen LogP contribution in [0.2, 0.25) is 0 Å². The number of nitro groups is 1. The molecule has 0 amide bonds. The van der Waals surface area contributed by atoms with Crippen LogP contribution in [0, 0.1) is 17.0 Å². The fourth-order valence-corrected chi connectivity index (χ4v) is 2.81. The monoisotopic (exact) mass is 426 g/mol. The molecular weight excluding hydrogens is 412 g/mol. The smallest absolute Gasteiger partial charge is 0.271 e. The van der Waals surface area contributed by atoms with Gasteiger partial charge >= 0.3 is 0 Å². The lowest BCUT2D eigenvalue weighted by molar-refractivity contribution is -0.385. The van der Waals surface area contributed by atoms with E-state index in [2.05, 4.69) is 20.9 Å². The van der Waals surface area contributed by atoms with Crippen LogP contribution < -0.4 is 4.74 Å². The number of nitrogens with zero attached hydrogens (tertiary/aromatic N) is 2. The van der Waals surface area contributed by atoms with E-state index in [1.54, 1.807) is 24.3 Å². The van der Waals surface area contributed by atoms with Crippen molar-refractivity contribution in [1.82, 2.24) is 0 Å². The average molecular weight is 427 g/mol. The second-order valence-electron chi connectivity index (χ2n) is 5.74. The summed E-state index contributed by atoms with van der Waals surface area (Å²) in [4.78, 5) is 14.7. The molecule has 0 aliphatic rings. The highest BCUT2D eigenvalue weighted by Gasteiger charge is 2.13. The maximum absolute atomic E-state index is 10.9. The lowest BCUT2D eigenvalue weighted by atomic mass is 10.2. The number of para-hydroxylation sites is 1. The summed E-state index contributed by atoms with van der Waals surface area (Å²) in [7, 11) is 0. The lowest BCUT2D eigenvalue weighted by Crippen LogP contribution is -1.91. The van der Waals surface area contributed by atoms with Crippen LogP contribution in [0.4, 0.5) is 11.4 Å². The first-order chi connectivity index (χ1) is 12.9. The Morgan fingerprint density at radius 2 is 1.85 bits per heavy atom. The van der Waals surface area contributed by atoms with Gasteiger partial charge in [-0.05, 0) is 58.7 Å². The molecule has 3 aromatic rings. The maximum Gasteiger partial charge on any atom is 0.271 e. The number of halogens is 1. The molecule has 0 aromatic heterocycles. The van der Waals surface area contributed by atoms with Crippen molar-refractivity contribution in [3.8, 4) is 17.2 Å². The van der Waals surface area contributed by atoms with Crippen molar-refractivity contribution in [2.75, 3.05) is 0 Å². The number of rotatable bonds is 5.